The Morgan fingerprint density at radius 2 is 2.35 bits per heavy atom. The molecule has 1 fully saturated rings. The van der Waals surface area contributed by atoms with Gasteiger partial charge in [0.1, 0.15) is 5.76 Å². The number of carbonyl (C=O) groups excluding carboxylic acids is 1. The average molecular weight is 238 g/mol. The first-order valence-corrected chi connectivity index (χ1v) is 5.95. The fraction of sp³-hybridized carbons (Fsp3) is 0.667. The van der Waals surface area contributed by atoms with Gasteiger partial charge >= 0.3 is 0 Å². The molecular formula is C12H18N2O3. The van der Waals surface area contributed by atoms with Crippen LogP contribution in [0.5, 0.6) is 0 Å². The van der Waals surface area contributed by atoms with E-state index in [1.165, 1.54) is 0 Å². The number of aryl methyl sites for hydroxylation is 2. The van der Waals surface area contributed by atoms with E-state index in [1.807, 2.05) is 13.8 Å². The van der Waals surface area contributed by atoms with E-state index in [-0.39, 0.29) is 18.6 Å². The minimum atomic E-state index is -0.0111. The number of rotatable bonds is 3. The SMILES string of the molecule is Cc1noc(C)c1CC(=O)N1CCCC1CO. The highest BCUT2D eigenvalue weighted by Crippen LogP contribution is 2.20. The minimum Gasteiger partial charge on any atom is -0.394 e. The molecule has 0 saturated carbocycles. The topological polar surface area (TPSA) is 66.6 Å². The molecule has 0 aliphatic carbocycles. The molecule has 1 amide bonds. The summed E-state index contributed by atoms with van der Waals surface area (Å²) >= 11 is 0. The van der Waals surface area contributed by atoms with Gasteiger partial charge in [0, 0.05) is 12.1 Å². The fourth-order valence-electron chi connectivity index (χ4n) is 2.36. The number of likely N-dealkylation sites (tertiary alicyclic amines) is 1. The first-order valence-electron chi connectivity index (χ1n) is 5.95. The Bertz CT molecular complexity index is 394. The molecule has 0 radical (unpaired) electrons. The Morgan fingerprint density at radius 3 is 2.94 bits per heavy atom. The molecule has 1 atom stereocenters. The van der Waals surface area contributed by atoms with E-state index in [4.69, 9.17) is 4.52 Å². The first-order chi connectivity index (χ1) is 8.13. The van der Waals surface area contributed by atoms with Crippen LogP contribution >= 0.6 is 0 Å². The van der Waals surface area contributed by atoms with E-state index in [9.17, 15) is 9.90 Å². The molecule has 1 saturated heterocycles. The molecule has 1 aromatic heterocycles. The molecule has 1 unspecified atom stereocenters. The van der Waals surface area contributed by atoms with Crippen LogP contribution in [0, 0.1) is 13.8 Å². The summed E-state index contributed by atoms with van der Waals surface area (Å²) in [7, 11) is 0. The van der Waals surface area contributed by atoms with Crippen LogP contribution in [0.25, 0.3) is 0 Å². The van der Waals surface area contributed by atoms with Crippen molar-refractivity contribution in [2.24, 2.45) is 0 Å². The minimum absolute atomic E-state index is 0.0111. The quantitative estimate of drug-likeness (QED) is 0.846. The zero-order valence-electron chi connectivity index (χ0n) is 10.3. The van der Waals surface area contributed by atoms with Crippen LogP contribution in [0.4, 0.5) is 0 Å². The molecule has 5 nitrogen and oxygen atoms in total. The highest BCUT2D eigenvalue weighted by Gasteiger charge is 2.28. The predicted octanol–water partition coefficient (Wildman–Crippen LogP) is 0.817. The zero-order chi connectivity index (χ0) is 12.4. The molecular weight excluding hydrogens is 220 g/mol. The number of aromatic nitrogens is 1. The maximum absolute atomic E-state index is 12.1. The first kappa shape index (κ1) is 12.1. The number of aliphatic hydroxyl groups is 1. The zero-order valence-corrected chi connectivity index (χ0v) is 10.3. The van der Waals surface area contributed by atoms with Gasteiger partial charge in [0.2, 0.25) is 5.91 Å². The van der Waals surface area contributed by atoms with Crippen LogP contribution < -0.4 is 0 Å². The van der Waals surface area contributed by atoms with Gasteiger partial charge in [-0.3, -0.25) is 4.79 Å². The molecule has 2 heterocycles. The van der Waals surface area contributed by atoms with E-state index < -0.39 is 0 Å². The Morgan fingerprint density at radius 1 is 1.59 bits per heavy atom. The van der Waals surface area contributed by atoms with Crippen LogP contribution in [0.1, 0.15) is 29.9 Å². The van der Waals surface area contributed by atoms with Crippen LogP contribution in [0.3, 0.4) is 0 Å². The van der Waals surface area contributed by atoms with Crippen molar-refractivity contribution in [2.45, 2.75) is 39.2 Å². The Labute approximate surface area is 100 Å². The van der Waals surface area contributed by atoms with Gasteiger partial charge in [-0.1, -0.05) is 5.16 Å². The van der Waals surface area contributed by atoms with Crippen molar-refractivity contribution >= 4 is 5.91 Å². The summed E-state index contributed by atoms with van der Waals surface area (Å²) in [6, 6.07) is -0.0111. The van der Waals surface area contributed by atoms with Crippen molar-refractivity contribution in [3.8, 4) is 0 Å². The lowest BCUT2D eigenvalue weighted by molar-refractivity contribution is -0.132. The average Bonchev–Trinajstić information content (AvgIpc) is 2.90. The van der Waals surface area contributed by atoms with Gasteiger partial charge in [-0.05, 0) is 26.7 Å². The maximum Gasteiger partial charge on any atom is 0.227 e. The van der Waals surface area contributed by atoms with Crippen molar-refractivity contribution in [3.05, 3.63) is 17.0 Å². The van der Waals surface area contributed by atoms with Gasteiger partial charge in [0.05, 0.1) is 24.8 Å². The lowest BCUT2D eigenvalue weighted by Gasteiger charge is -2.22. The van der Waals surface area contributed by atoms with Crippen LogP contribution in [-0.2, 0) is 11.2 Å². The molecule has 0 bridgehead atoms. The summed E-state index contributed by atoms with van der Waals surface area (Å²) in [6.07, 6.45) is 2.18. The van der Waals surface area contributed by atoms with Crippen molar-refractivity contribution < 1.29 is 14.4 Å². The van der Waals surface area contributed by atoms with Crippen molar-refractivity contribution in [1.29, 1.82) is 0 Å². The summed E-state index contributed by atoms with van der Waals surface area (Å²) in [5.74, 6) is 0.756. The molecule has 17 heavy (non-hydrogen) atoms. The van der Waals surface area contributed by atoms with Gasteiger partial charge < -0.3 is 14.5 Å². The molecule has 0 spiro atoms. The number of carbonyl (C=O) groups is 1. The molecule has 1 aliphatic rings. The molecule has 0 aromatic carbocycles. The third kappa shape index (κ3) is 2.34. The summed E-state index contributed by atoms with van der Waals surface area (Å²) in [5.41, 5.74) is 1.65. The third-order valence-electron chi connectivity index (χ3n) is 3.42. The highest BCUT2D eigenvalue weighted by molar-refractivity contribution is 5.79. The largest absolute Gasteiger partial charge is 0.394 e. The molecule has 1 N–H and O–H groups in total. The Kier molecular flexibility index (Phi) is 3.47. The van der Waals surface area contributed by atoms with E-state index >= 15 is 0 Å². The van der Waals surface area contributed by atoms with E-state index in [2.05, 4.69) is 5.16 Å². The second-order valence-corrected chi connectivity index (χ2v) is 4.55. The lowest BCUT2D eigenvalue weighted by atomic mass is 10.1. The van der Waals surface area contributed by atoms with E-state index in [1.54, 1.807) is 4.90 Å². The Balaban J connectivity index is 2.07. The monoisotopic (exact) mass is 238 g/mol. The smallest absolute Gasteiger partial charge is 0.227 e. The van der Waals surface area contributed by atoms with Gasteiger partial charge in [0.25, 0.3) is 0 Å². The number of hydrogen-bond donors (Lipinski definition) is 1. The summed E-state index contributed by atoms with van der Waals surface area (Å²) in [4.78, 5) is 13.9. The van der Waals surface area contributed by atoms with Gasteiger partial charge in [-0.15, -0.1) is 0 Å². The van der Waals surface area contributed by atoms with Crippen molar-refractivity contribution in [3.63, 3.8) is 0 Å². The standard InChI is InChI=1S/C12H18N2O3/c1-8-11(9(2)17-13-8)6-12(16)14-5-3-4-10(14)7-15/h10,15H,3-7H2,1-2H3. The van der Waals surface area contributed by atoms with E-state index in [0.717, 1.165) is 30.6 Å². The molecule has 1 aliphatic heterocycles. The van der Waals surface area contributed by atoms with Crippen LogP contribution in [-0.4, -0.2) is 40.3 Å². The maximum atomic E-state index is 12.1. The molecule has 5 heteroatoms. The Hall–Kier alpha value is -1.36. The summed E-state index contributed by atoms with van der Waals surface area (Å²) in [5, 5.41) is 13.0. The summed E-state index contributed by atoms with van der Waals surface area (Å²) in [6.45, 7) is 4.45. The normalized spacial score (nSPS) is 19.9. The van der Waals surface area contributed by atoms with E-state index in [0.29, 0.717) is 12.2 Å². The van der Waals surface area contributed by atoms with Crippen LogP contribution in [0.2, 0.25) is 0 Å². The lowest BCUT2D eigenvalue weighted by Crippen LogP contribution is -2.38. The third-order valence-corrected chi connectivity index (χ3v) is 3.42. The van der Waals surface area contributed by atoms with Gasteiger partial charge in [-0.2, -0.15) is 0 Å². The number of amides is 1. The second-order valence-electron chi connectivity index (χ2n) is 4.55. The molecule has 94 valence electrons. The number of aliphatic hydroxyl groups excluding tert-OH is 1. The molecule has 1 aromatic rings. The van der Waals surface area contributed by atoms with Gasteiger partial charge in [0.15, 0.2) is 0 Å². The van der Waals surface area contributed by atoms with Gasteiger partial charge in [-0.25, -0.2) is 0 Å². The second kappa shape index (κ2) is 4.87. The van der Waals surface area contributed by atoms with Crippen molar-refractivity contribution in [1.82, 2.24) is 10.1 Å². The molecule has 2 rings (SSSR count). The predicted molar refractivity (Wildman–Crippen MR) is 61.5 cm³/mol. The number of nitrogens with zero attached hydrogens (tertiary/aromatic N) is 2. The van der Waals surface area contributed by atoms with Crippen molar-refractivity contribution in [2.75, 3.05) is 13.2 Å². The van der Waals surface area contributed by atoms with Crippen LogP contribution in [0.15, 0.2) is 4.52 Å². The highest BCUT2D eigenvalue weighted by atomic mass is 16.5. The number of hydrogen-bond acceptors (Lipinski definition) is 4. The fourth-order valence-corrected chi connectivity index (χ4v) is 2.36. The summed E-state index contributed by atoms with van der Waals surface area (Å²) < 4.78 is 5.04.